The van der Waals surface area contributed by atoms with Crippen LogP contribution in [0.1, 0.15) is 69.8 Å². The van der Waals surface area contributed by atoms with E-state index in [-0.39, 0.29) is 17.9 Å². The van der Waals surface area contributed by atoms with Gasteiger partial charge in [0.05, 0.1) is 0 Å². The van der Waals surface area contributed by atoms with Crippen LogP contribution >= 0.6 is 0 Å². The summed E-state index contributed by atoms with van der Waals surface area (Å²) in [7, 11) is 0. The van der Waals surface area contributed by atoms with Gasteiger partial charge in [-0.15, -0.1) is 0 Å². The molecule has 0 aromatic heterocycles. The van der Waals surface area contributed by atoms with E-state index in [1.807, 2.05) is 11.0 Å². The van der Waals surface area contributed by atoms with Gasteiger partial charge in [0.1, 0.15) is 6.04 Å². The third-order valence-electron chi connectivity index (χ3n) is 5.78. The van der Waals surface area contributed by atoms with Crippen molar-refractivity contribution in [2.45, 2.75) is 82.7 Å². The van der Waals surface area contributed by atoms with E-state index in [0.717, 1.165) is 51.5 Å². The number of unbranched alkanes of at least 4 members (excludes halogenated alkanes) is 1. The summed E-state index contributed by atoms with van der Waals surface area (Å²) >= 11 is 0. The van der Waals surface area contributed by atoms with Gasteiger partial charge in [-0.25, -0.2) is 0 Å². The molecule has 1 aromatic carbocycles. The lowest BCUT2D eigenvalue weighted by Gasteiger charge is -2.28. The number of amides is 2. The monoisotopic (exact) mass is 356 g/mol. The van der Waals surface area contributed by atoms with E-state index >= 15 is 0 Å². The minimum absolute atomic E-state index is 0.0760. The normalized spacial score (nSPS) is 20.9. The number of aryl methyl sites for hydroxylation is 1. The summed E-state index contributed by atoms with van der Waals surface area (Å²) in [6, 6.07) is 10.5. The fraction of sp³-hybridized carbons (Fsp3) is 0.636. The van der Waals surface area contributed by atoms with Crippen LogP contribution in [0.25, 0.3) is 0 Å². The van der Waals surface area contributed by atoms with Gasteiger partial charge in [-0.1, -0.05) is 49.6 Å². The van der Waals surface area contributed by atoms with Crippen molar-refractivity contribution in [3.05, 3.63) is 35.9 Å². The molecule has 1 heterocycles. The summed E-state index contributed by atoms with van der Waals surface area (Å²) in [5.74, 6) is 0.228. The molecular formula is C22H32N2O2. The molecule has 0 bridgehead atoms. The highest BCUT2D eigenvalue weighted by molar-refractivity contribution is 5.88. The summed E-state index contributed by atoms with van der Waals surface area (Å²) in [5.41, 5.74) is 1.32. The van der Waals surface area contributed by atoms with Crippen LogP contribution in [0.15, 0.2) is 30.3 Å². The average Bonchev–Trinajstić information content (AvgIpc) is 3.17. The number of hydrogen-bond acceptors (Lipinski definition) is 2. The van der Waals surface area contributed by atoms with Crippen molar-refractivity contribution in [1.29, 1.82) is 0 Å². The molecule has 142 valence electrons. The van der Waals surface area contributed by atoms with E-state index < -0.39 is 0 Å². The smallest absolute Gasteiger partial charge is 0.243 e. The van der Waals surface area contributed by atoms with Crippen molar-refractivity contribution >= 4 is 11.8 Å². The first-order valence-corrected chi connectivity index (χ1v) is 10.4. The lowest BCUT2D eigenvalue weighted by molar-refractivity contribution is -0.138. The highest BCUT2D eigenvalue weighted by atomic mass is 16.2. The molecule has 1 saturated heterocycles. The molecule has 1 N–H and O–H groups in total. The molecule has 4 nitrogen and oxygen atoms in total. The zero-order valence-electron chi connectivity index (χ0n) is 15.8. The van der Waals surface area contributed by atoms with Crippen LogP contribution in [-0.2, 0) is 16.0 Å². The predicted molar refractivity (Wildman–Crippen MR) is 104 cm³/mol. The summed E-state index contributed by atoms with van der Waals surface area (Å²) in [6.07, 6.45) is 11.1. The van der Waals surface area contributed by atoms with Crippen molar-refractivity contribution in [1.82, 2.24) is 10.2 Å². The molecule has 1 aliphatic carbocycles. The first-order valence-electron chi connectivity index (χ1n) is 10.4. The Morgan fingerprint density at radius 3 is 2.50 bits per heavy atom. The molecule has 1 aliphatic heterocycles. The van der Waals surface area contributed by atoms with Crippen LogP contribution in [-0.4, -0.2) is 35.3 Å². The Morgan fingerprint density at radius 1 is 0.962 bits per heavy atom. The largest absolute Gasteiger partial charge is 0.352 e. The number of carbonyl (C=O) groups excluding carboxylic acids is 2. The molecule has 2 amide bonds. The molecule has 1 atom stereocenters. The van der Waals surface area contributed by atoms with Crippen molar-refractivity contribution in [3.8, 4) is 0 Å². The molecule has 0 radical (unpaired) electrons. The van der Waals surface area contributed by atoms with Gasteiger partial charge >= 0.3 is 0 Å². The number of rotatable bonds is 7. The van der Waals surface area contributed by atoms with Gasteiger partial charge < -0.3 is 10.2 Å². The Balaban J connectivity index is 1.41. The predicted octanol–water partition coefficient (Wildman–Crippen LogP) is 3.84. The van der Waals surface area contributed by atoms with Crippen LogP contribution in [0.5, 0.6) is 0 Å². The molecule has 1 saturated carbocycles. The van der Waals surface area contributed by atoms with Crippen LogP contribution in [0, 0.1) is 0 Å². The third kappa shape index (κ3) is 5.33. The quantitative estimate of drug-likeness (QED) is 0.755. The SMILES string of the molecule is O=C(NC1CCCCC1)[C@@H]1CCCN1C(=O)CCCCc1ccccc1. The maximum Gasteiger partial charge on any atom is 0.243 e. The Hall–Kier alpha value is -1.84. The average molecular weight is 357 g/mol. The highest BCUT2D eigenvalue weighted by Gasteiger charge is 2.34. The second kappa shape index (κ2) is 9.75. The Labute approximate surface area is 157 Å². The number of nitrogens with one attached hydrogen (secondary N) is 1. The Morgan fingerprint density at radius 2 is 1.73 bits per heavy atom. The molecule has 2 aliphatic rings. The zero-order chi connectivity index (χ0) is 18.2. The summed E-state index contributed by atoms with van der Waals surface area (Å²) < 4.78 is 0. The van der Waals surface area contributed by atoms with Gasteiger partial charge in [-0.3, -0.25) is 9.59 Å². The number of nitrogens with zero attached hydrogens (tertiary/aromatic N) is 1. The van der Waals surface area contributed by atoms with Crippen molar-refractivity contribution in [2.24, 2.45) is 0 Å². The molecule has 1 aromatic rings. The standard InChI is InChI=1S/C22H32N2O2/c25-21(16-8-7-12-18-10-3-1-4-11-18)24-17-9-15-20(24)22(26)23-19-13-5-2-6-14-19/h1,3-4,10-11,19-20H,2,5-9,12-17H2,(H,23,26)/t20-/m0/s1. The molecule has 3 rings (SSSR count). The minimum Gasteiger partial charge on any atom is -0.352 e. The molecule has 26 heavy (non-hydrogen) atoms. The van der Waals surface area contributed by atoms with Gasteiger partial charge in [0, 0.05) is 19.0 Å². The second-order valence-corrected chi connectivity index (χ2v) is 7.78. The van der Waals surface area contributed by atoms with Gasteiger partial charge in [-0.2, -0.15) is 0 Å². The number of hydrogen-bond donors (Lipinski definition) is 1. The number of carbonyl (C=O) groups is 2. The van der Waals surface area contributed by atoms with E-state index in [4.69, 9.17) is 0 Å². The summed E-state index contributed by atoms with van der Waals surface area (Å²) in [5, 5.41) is 3.20. The summed E-state index contributed by atoms with van der Waals surface area (Å²) in [6.45, 7) is 0.736. The van der Waals surface area contributed by atoms with Crippen LogP contribution in [0.3, 0.4) is 0 Å². The molecular weight excluding hydrogens is 324 g/mol. The van der Waals surface area contributed by atoms with Crippen molar-refractivity contribution < 1.29 is 9.59 Å². The van der Waals surface area contributed by atoms with E-state index in [0.29, 0.717) is 12.5 Å². The van der Waals surface area contributed by atoms with E-state index in [9.17, 15) is 9.59 Å². The fourth-order valence-electron chi connectivity index (χ4n) is 4.28. The number of likely N-dealkylation sites (tertiary alicyclic amines) is 1. The maximum absolute atomic E-state index is 12.6. The minimum atomic E-state index is -0.237. The first kappa shape index (κ1) is 18.9. The van der Waals surface area contributed by atoms with Gasteiger partial charge in [0.25, 0.3) is 0 Å². The topological polar surface area (TPSA) is 49.4 Å². The maximum atomic E-state index is 12.6. The van der Waals surface area contributed by atoms with Crippen molar-refractivity contribution in [2.75, 3.05) is 6.54 Å². The Kier molecular flexibility index (Phi) is 7.10. The van der Waals surface area contributed by atoms with Gasteiger partial charge in [0.15, 0.2) is 0 Å². The Bertz CT molecular complexity index is 581. The molecule has 0 unspecified atom stereocenters. The zero-order valence-corrected chi connectivity index (χ0v) is 15.8. The van der Waals surface area contributed by atoms with E-state index in [1.54, 1.807) is 0 Å². The van der Waals surface area contributed by atoms with Gasteiger partial charge in [-0.05, 0) is 50.5 Å². The third-order valence-corrected chi connectivity index (χ3v) is 5.78. The van der Waals surface area contributed by atoms with Crippen LogP contribution < -0.4 is 5.32 Å². The molecule has 4 heteroatoms. The van der Waals surface area contributed by atoms with Crippen molar-refractivity contribution in [3.63, 3.8) is 0 Å². The van der Waals surface area contributed by atoms with Crippen LogP contribution in [0.4, 0.5) is 0 Å². The first-order chi connectivity index (χ1) is 12.7. The highest BCUT2D eigenvalue weighted by Crippen LogP contribution is 2.22. The second-order valence-electron chi connectivity index (χ2n) is 7.78. The fourth-order valence-corrected chi connectivity index (χ4v) is 4.28. The lowest BCUT2D eigenvalue weighted by atomic mass is 9.95. The summed E-state index contributed by atoms with van der Waals surface area (Å²) in [4.78, 5) is 27.1. The van der Waals surface area contributed by atoms with E-state index in [1.165, 1.54) is 24.8 Å². The van der Waals surface area contributed by atoms with E-state index in [2.05, 4.69) is 29.6 Å². The van der Waals surface area contributed by atoms with Gasteiger partial charge in [0.2, 0.25) is 11.8 Å². The number of benzene rings is 1. The molecule has 0 spiro atoms. The lowest BCUT2D eigenvalue weighted by Crippen LogP contribution is -2.49. The van der Waals surface area contributed by atoms with Crippen LogP contribution in [0.2, 0.25) is 0 Å². The molecule has 2 fully saturated rings.